The van der Waals surface area contributed by atoms with Gasteiger partial charge in [-0.15, -0.1) is 0 Å². The summed E-state index contributed by atoms with van der Waals surface area (Å²) in [6.45, 7) is 5.50. The van der Waals surface area contributed by atoms with Gasteiger partial charge in [0.05, 0.1) is 24.3 Å². The topological polar surface area (TPSA) is 67.0 Å². The van der Waals surface area contributed by atoms with Gasteiger partial charge in [0.2, 0.25) is 0 Å². The van der Waals surface area contributed by atoms with Crippen LogP contribution in [0.25, 0.3) is 0 Å². The zero-order chi connectivity index (χ0) is 14.6. The number of H-pyrrole nitrogens is 1. The van der Waals surface area contributed by atoms with Crippen molar-refractivity contribution in [2.24, 2.45) is 0 Å². The van der Waals surface area contributed by atoms with Gasteiger partial charge < -0.3 is 15.0 Å². The zero-order valence-corrected chi connectivity index (χ0v) is 11.9. The Morgan fingerprint density at radius 3 is 2.55 bits per heavy atom. The Morgan fingerprint density at radius 2 is 2.00 bits per heavy atom. The minimum absolute atomic E-state index is 0.312. The van der Waals surface area contributed by atoms with Gasteiger partial charge in [0, 0.05) is 0 Å². The molecule has 1 amide bonds. The van der Waals surface area contributed by atoms with E-state index in [1.807, 2.05) is 51.1 Å². The molecule has 0 aliphatic heterocycles. The fourth-order valence-corrected chi connectivity index (χ4v) is 1.84. The minimum atomic E-state index is -0.528. The molecule has 5 heteroatoms. The van der Waals surface area contributed by atoms with Crippen LogP contribution in [0, 0.1) is 0 Å². The SMILES string of the molecule is CC(C)(C)OC(=O)NC(c1ccccc1)c1cnc[nH]1. The first-order chi connectivity index (χ1) is 9.46. The van der Waals surface area contributed by atoms with E-state index in [0.29, 0.717) is 0 Å². The van der Waals surface area contributed by atoms with Gasteiger partial charge >= 0.3 is 6.09 Å². The van der Waals surface area contributed by atoms with Crippen LogP contribution in [0.15, 0.2) is 42.9 Å². The maximum Gasteiger partial charge on any atom is 0.408 e. The third-order valence-corrected chi connectivity index (χ3v) is 2.62. The summed E-state index contributed by atoms with van der Waals surface area (Å²) < 4.78 is 5.30. The number of carbonyl (C=O) groups is 1. The lowest BCUT2D eigenvalue weighted by molar-refractivity contribution is 0.0511. The summed E-state index contributed by atoms with van der Waals surface area (Å²) in [5, 5.41) is 2.86. The van der Waals surface area contributed by atoms with Gasteiger partial charge in [-0.25, -0.2) is 9.78 Å². The standard InChI is InChI=1S/C15H19N3O2/c1-15(2,3)20-14(19)18-13(12-9-16-10-17-12)11-7-5-4-6-8-11/h4-10,13H,1-3H3,(H,16,17)(H,18,19). The summed E-state index contributed by atoms with van der Waals surface area (Å²) >= 11 is 0. The van der Waals surface area contributed by atoms with Crippen molar-refractivity contribution in [3.63, 3.8) is 0 Å². The maximum absolute atomic E-state index is 12.0. The number of aromatic nitrogens is 2. The molecule has 2 N–H and O–H groups in total. The molecule has 0 radical (unpaired) electrons. The lowest BCUT2D eigenvalue weighted by Gasteiger charge is -2.23. The van der Waals surface area contributed by atoms with E-state index in [1.165, 1.54) is 0 Å². The van der Waals surface area contributed by atoms with Gasteiger partial charge in [0.15, 0.2) is 0 Å². The molecule has 0 bridgehead atoms. The van der Waals surface area contributed by atoms with Gasteiger partial charge in [-0.2, -0.15) is 0 Å². The number of benzene rings is 1. The van der Waals surface area contributed by atoms with Crippen LogP contribution in [0.4, 0.5) is 4.79 Å². The highest BCUT2D eigenvalue weighted by Gasteiger charge is 2.22. The highest BCUT2D eigenvalue weighted by molar-refractivity contribution is 5.69. The molecule has 20 heavy (non-hydrogen) atoms. The number of hydrogen-bond acceptors (Lipinski definition) is 3. The van der Waals surface area contributed by atoms with Crippen molar-refractivity contribution in [3.8, 4) is 0 Å². The molecule has 0 spiro atoms. The maximum atomic E-state index is 12.0. The van der Waals surface area contributed by atoms with Crippen LogP contribution < -0.4 is 5.32 Å². The Labute approximate surface area is 118 Å². The highest BCUT2D eigenvalue weighted by Crippen LogP contribution is 2.20. The molecule has 0 saturated heterocycles. The molecule has 1 atom stereocenters. The molecule has 1 unspecified atom stereocenters. The zero-order valence-electron chi connectivity index (χ0n) is 11.9. The number of rotatable bonds is 3. The van der Waals surface area contributed by atoms with E-state index in [4.69, 9.17) is 4.74 Å². The Bertz CT molecular complexity index is 544. The van der Waals surface area contributed by atoms with Crippen LogP contribution in [-0.4, -0.2) is 21.7 Å². The Morgan fingerprint density at radius 1 is 1.30 bits per heavy atom. The van der Waals surface area contributed by atoms with Crippen molar-refractivity contribution in [3.05, 3.63) is 54.1 Å². The van der Waals surface area contributed by atoms with Crippen LogP contribution in [0.2, 0.25) is 0 Å². The van der Waals surface area contributed by atoms with Crippen LogP contribution in [0.5, 0.6) is 0 Å². The Kier molecular flexibility index (Phi) is 4.08. The van der Waals surface area contributed by atoms with Crippen molar-refractivity contribution >= 4 is 6.09 Å². The summed E-state index contributed by atoms with van der Waals surface area (Å²) in [5.41, 5.74) is 1.24. The summed E-state index contributed by atoms with van der Waals surface area (Å²) in [7, 11) is 0. The van der Waals surface area contributed by atoms with Crippen molar-refractivity contribution in [1.29, 1.82) is 0 Å². The fourth-order valence-electron chi connectivity index (χ4n) is 1.84. The molecule has 106 valence electrons. The molecular weight excluding hydrogens is 254 g/mol. The molecule has 0 aliphatic rings. The number of carbonyl (C=O) groups excluding carboxylic acids is 1. The predicted octanol–water partition coefficient (Wildman–Crippen LogP) is 3.02. The third kappa shape index (κ3) is 3.85. The van der Waals surface area contributed by atoms with Crippen molar-refractivity contribution < 1.29 is 9.53 Å². The number of ether oxygens (including phenoxy) is 1. The second kappa shape index (κ2) is 5.77. The molecule has 0 aliphatic carbocycles. The first-order valence-electron chi connectivity index (χ1n) is 6.48. The molecule has 0 saturated carbocycles. The van der Waals surface area contributed by atoms with Gasteiger partial charge in [-0.3, -0.25) is 0 Å². The van der Waals surface area contributed by atoms with E-state index in [1.54, 1.807) is 12.5 Å². The molecule has 1 aromatic carbocycles. The number of hydrogen-bond donors (Lipinski definition) is 2. The smallest absolute Gasteiger partial charge is 0.408 e. The number of aromatic amines is 1. The number of alkyl carbamates (subject to hydrolysis) is 1. The molecular formula is C15H19N3O2. The number of amides is 1. The summed E-state index contributed by atoms with van der Waals surface area (Å²) in [5.74, 6) is 0. The summed E-state index contributed by atoms with van der Waals surface area (Å²) in [6.07, 6.45) is 2.82. The second-order valence-electron chi connectivity index (χ2n) is 5.50. The third-order valence-electron chi connectivity index (χ3n) is 2.62. The summed E-state index contributed by atoms with van der Waals surface area (Å²) in [6, 6.07) is 9.37. The predicted molar refractivity (Wildman–Crippen MR) is 76.2 cm³/mol. The number of imidazole rings is 1. The highest BCUT2D eigenvalue weighted by atomic mass is 16.6. The first-order valence-corrected chi connectivity index (χ1v) is 6.48. The number of nitrogens with zero attached hydrogens (tertiary/aromatic N) is 1. The lowest BCUT2D eigenvalue weighted by atomic mass is 10.0. The van der Waals surface area contributed by atoms with Crippen molar-refractivity contribution in [2.75, 3.05) is 0 Å². The van der Waals surface area contributed by atoms with Crippen LogP contribution in [-0.2, 0) is 4.74 Å². The van der Waals surface area contributed by atoms with Crippen molar-refractivity contribution in [1.82, 2.24) is 15.3 Å². The van der Waals surface area contributed by atoms with Gasteiger partial charge in [0.25, 0.3) is 0 Å². The average Bonchev–Trinajstić information content (AvgIpc) is 2.88. The van der Waals surface area contributed by atoms with E-state index >= 15 is 0 Å². The fraction of sp³-hybridized carbons (Fsp3) is 0.333. The normalized spacial score (nSPS) is 12.8. The first kappa shape index (κ1) is 14.1. The van der Waals surface area contributed by atoms with Gasteiger partial charge in [-0.05, 0) is 26.3 Å². The molecule has 1 aromatic heterocycles. The summed E-state index contributed by atoms with van der Waals surface area (Å²) in [4.78, 5) is 19.0. The van der Waals surface area contributed by atoms with E-state index < -0.39 is 11.7 Å². The molecule has 5 nitrogen and oxygen atoms in total. The second-order valence-corrected chi connectivity index (χ2v) is 5.50. The molecule has 2 rings (SSSR count). The lowest BCUT2D eigenvalue weighted by Crippen LogP contribution is -2.35. The average molecular weight is 273 g/mol. The van der Waals surface area contributed by atoms with Crippen LogP contribution >= 0.6 is 0 Å². The molecule has 0 fully saturated rings. The minimum Gasteiger partial charge on any atom is -0.444 e. The van der Waals surface area contributed by atoms with Gasteiger partial charge in [0.1, 0.15) is 5.60 Å². The molecule has 1 heterocycles. The number of nitrogens with one attached hydrogen (secondary N) is 2. The molecule has 2 aromatic rings. The van der Waals surface area contributed by atoms with Gasteiger partial charge in [-0.1, -0.05) is 30.3 Å². The Hall–Kier alpha value is -2.30. The Balaban J connectivity index is 2.19. The van der Waals surface area contributed by atoms with E-state index in [2.05, 4.69) is 15.3 Å². The van der Waals surface area contributed by atoms with Crippen LogP contribution in [0.3, 0.4) is 0 Å². The monoisotopic (exact) mass is 273 g/mol. The van der Waals surface area contributed by atoms with Crippen molar-refractivity contribution in [2.45, 2.75) is 32.4 Å². The largest absolute Gasteiger partial charge is 0.444 e. The van der Waals surface area contributed by atoms with Crippen LogP contribution in [0.1, 0.15) is 38.1 Å². The quantitative estimate of drug-likeness (QED) is 0.903. The van der Waals surface area contributed by atoms with E-state index in [9.17, 15) is 4.79 Å². The van der Waals surface area contributed by atoms with E-state index in [-0.39, 0.29) is 6.04 Å². The van der Waals surface area contributed by atoms with E-state index in [0.717, 1.165) is 11.3 Å².